The lowest BCUT2D eigenvalue weighted by Gasteiger charge is -2.33. The monoisotopic (exact) mass is 692 g/mol. The maximum absolute atomic E-state index is 13.1. The quantitative estimate of drug-likeness (QED) is 0.263. The Balaban J connectivity index is 0.990. The van der Waals surface area contributed by atoms with E-state index in [0.29, 0.717) is 30.8 Å². The van der Waals surface area contributed by atoms with Gasteiger partial charge in [0.15, 0.2) is 0 Å². The van der Waals surface area contributed by atoms with Crippen LogP contribution in [-0.2, 0) is 29.7 Å². The SMILES string of the molecule is COc1cc(-c2cn(C)c(=O)c3cnc(N4CCC4)cc23)cc(OC)c1CN1CCC(c2ccc3c(c2)CN(C2CCC(=O)NC2=O)C3O)CC1. The summed E-state index contributed by atoms with van der Waals surface area (Å²) in [6, 6.07) is 11.9. The van der Waals surface area contributed by atoms with Crippen LogP contribution in [0.2, 0.25) is 0 Å². The molecule has 2 amide bonds. The van der Waals surface area contributed by atoms with Crippen LogP contribution in [0.15, 0.2) is 53.6 Å². The zero-order chi connectivity index (χ0) is 35.4. The van der Waals surface area contributed by atoms with Gasteiger partial charge in [-0.1, -0.05) is 18.2 Å². The van der Waals surface area contributed by atoms with E-state index in [1.165, 1.54) is 5.56 Å². The van der Waals surface area contributed by atoms with Crippen LogP contribution in [0.1, 0.15) is 66.5 Å². The van der Waals surface area contributed by atoms with Gasteiger partial charge in [0.25, 0.3) is 5.56 Å². The minimum atomic E-state index is -0.858. The number of piperidine rings is 2. The van der Waals surface area contributed by atoms with Crippen molar-refractivity contribution in [1.29, 1.82) is 0 Å². The predicted molar refractivity (Wildman–Crippen MR) is 193 cm³/mol. The number of hydrogen-bond acceptors (Lipinski definition) is 10. The van der Waals surface area contributed by atoms with Crippen molar-refractivity contribution in [1.82, 2.24) is 24.7 Å². The van der Waals surface area contributed by atoms with Crippen LogP contribution in [0.25, 0.3) is 21.9 Å². The Labute approximate surface area is 296 Å². The van der Waals surface area contributed by atoms with Gasteiger partial charge in [-0.2, -0.15) is 0 Å². The number of amides is 2. The van der Waals surface area contributed by atoms with E-state index in [-0.39, 0.29) is 23.8 Å². The number of pyridine rings is 2. The molecule has 51 heavy (non-hydrogen) atoms. The average molecular weight is 693 g/mol. The van der Waals surface area contributed by atoms with Gasteiger partial charge in [-0.15, -0.1) is 0 Å². The molecule has 0 aliphatic carbocycles. The van der Waals surface area contributed by atoms with Gasteiger partial charge in [-0.25, -0.2) is 4.98 Å². The molecule has 4 aliphatic rings. The van der Waals surface area contributed by atoms with Crippen LogP contribution in [0.5, 0.6) is 11.5 Å². The topological polar surface area (TPSA) is 129 Å². The van der Waals surface area contributed by atoms with E-state index >= 15 is 0 Å². The fourth-order valence-corrected chi connectivity index (χ4v) is 8.25. The molecule has 0 radical (unpaired) electrons. The second-order valence-electron chi connectivity index (χ2n) is 14.3. The number of carbonyl (C=O) groups excluding carboxylic acids is 2. The standard InChI is InChI=1S/C39H44N6O6/c1-42-21-30(28-18-35(44-11-4-12-44)40-19-29(28)38(42)48)25-16-33(50-2)31(34(17-25)51-3)22-43-13-9-23(10-14-43)24-5-6-27-26(15-24)20-45(39(27)49)32-7-8-36(46)41-37(32)47/h5-6,15-19,21,23,32,39,49H,4,7-14,20,22H2,1-3H3,(H,41,46,47). The first-order valence-electron chi connectivity index (χ1n) is 17.8. The molecule has 2 aromatic heterocycles. The summed E-state index contributed by atoms with van der Waals surface area (Å²) in [6.07, 6.45) is 6.54. The Bertz CT molecular complexity index is 2060. The maximum atomic E-state index is 13.1. The van der Waals surface area contributed by atoms with Crippen LogP contribution >= 0.6 is 0 Å². The van der Waals surface area contributed by atoms with E-state index in [1.807, 2.05) is 30.5 Å². The fraction of sp³-hybridized carbons (Fsp3) is 0.436. The molecule has 0 bridgehead atoms. The number of methoxy groups -OCH3 is 2. The van der Waals surface area contributed by atoms with Gasteiger partial charge in [0.1, 0.15) is 23.5 Å². The van der Waals surface area contributed by atoms with Gasteiger partial charge in [-0.05, 0) is 85.1 Å². The molecule has 266 valence electrons. The molecule has 3 saturated heterocycles. The van der Waals surface area contributed by atoms with E-state index in [0.717, 1.165) is 96.0 Å². The first kappa shape index (κ1) is 33.4. The molecule has 6 heterocycles. The van der Waals surface area contributed by atoms with E-state index in [2.05, 4.69) is 32.2 Å². The Morgan fingerprint density at radius 1 is 0.941 bits per heavy atom. The molecule has 12 heteroatoms. The summed E-state index contributed by atoms with van der Waals surface area (Å²) < 4.78 is 13.6. The minimum absolute atomic E-state index is 0.0814. The Hall–Kier alpha value is -4.78. The molecular weight excluding hydrogens is 648 g/mol. The summed E-state index contributed by atoms with van der Waals surface area (Å²) in [7, 11) is 5.14. The van der Waals surface area contributed by atoms with Gasteiger partial charge in [-0.3, -0.25) is 29.5 Å². The number of nitrogens with zero attached hydrogens (tertiary/aromatic N) is 5. The highest BCUT2D eigenvalue weighted by molar-refractivity contribution is 6.00. The van der Waals surface area contributed by atoms with Gasteiger partial charge in [0.2, 0.25) is 11.8 Å². The number of imide groups is 1. The molecule has 2 atom stereocenters. The molecule has 2 N–H and O–H groups in total. The van der Waals surface area contributed by atoms with E-state index in [1.54, 1.807) is 36.9 Å². The number of ether oxygens (including phenoxy) is 2. The molecule has 3 fully saturated rings. The number of rotatable bonds is 8. The molecular formula is C39H44N6O6. The zero-order valence-corrected chi connectivity index (χ0v) is 29.4. The third-order valence-electron chi connectivity index (χ3n) is 11.3. The number of nitrogens with one attached hydrogen (secondary N) is 1. The first-order chi connectivity index (χ1) is 24.7. The number of aliphatic hydroxyl groups excluding tert-OH is 1. The highest BCUT2D eigenvalue weighted by Crippen LogP contribution is 2.41. The van der Waals surface area contributed by atoms with Gasteiger partial charge in [0.05, 0.1) is 31.2 Å². The van der Waals surface area contributed by atoms with E-state index < -0.39 is 12.3 Å². The summed E-state index contributed by atoms with van der Waals surface area (Å²) in [5, 5.41) is 14.9. The third kappa shape index (κ3) is 6.04. The molecule has 2 unspecified atom stereocenters. The van der Waals surface area contributed by atoms with Crippen molar-refractivity contribution in [3.63, 3.8) is 0 Å². The molecule has 8 rings (SSSR count). The van der Waals surface area contributed by atoms with Crippen molar-refractivity contribution < 1.29 is 24.2 Å². The average Bonchev–Trinajstić information content (AvgIpc) is 3.44. The van der Waals surface area contributed by atoms with Crippen molar-refractivity contribution in [3.05, 3.63) is 81.4 Å². The second kappa shape index (κ2) is 13.4. The lowest BCUT2D eigenvalue weighted by Crippen LogP contribution is -2.51. The highest BCUT2D eigenvalue weighted by Gasteiger charge is 2.40. The highest BCUT2D eigenvalue weighted by atomic mass is 16.5. The predicted octanol–water partition coefficient (Wildman–Crippen LogP) is 3.82. The molecule has 4 aliphatic heterocycles. The van der Waals surface area contributed by atoms with Gasteiger partial charge < -0.3 is 24.0 Å². The lowest BCUT2D eigenvalue weighted by atomic mass is 9.87. The number of aromatic nitrogens is 2. The number of aryl methyl sites for hydroxylation is 1. The van der Waals surface area contributed by atoms with Crippen LogP contribution < -0.4 is 25.2 Å². The van der Waals surface area contributed by atoms with Crippen molar-refractivity contribution in [2.75, 3.05) is 45.3 Å². The summed E-state index contributed by atoms with van der Waals surface area (Å²) in [6.45, 7) is 4.89. The number of aliphatic hydroxyl groups is 1. The normalized spacial score (nSPS) is 21.5. The van der Waals surface area contributed by atoms with Gasteiger partial charge >= 0.3 is 0 Å². The lowest BCUT2D eigenvalue weighted by molar-refractivity contribution is -0.141. The fourth-order valence-electron chi connectivity index (χ4n) is 8.25. The molecule has 0 saturated carbocycles. The van der Waals surface area contributed by atoms with E-state index in [4.69, 9.17) is 9.47 Å². The number of carbonyl (C=O) groups is 2. The number of anilines is 1. The smallest absolute Gasteiger partial charge is 0.259 e. The van der Waals surface area contributed by atoms with Crippen molar-refractivity contribution in [2.24, 2.45) is 7.05 Å². The Morgan fingerprint density at radius 3 is 2.35 bits per heavy atom. The number of likely N-dealkylation sites (tertiary alicyclic amines) is 1. The molecule has 12 nitrogen and oxygen atoms in total. The number of fused-ring (bicyclic) bond motifs is 2. The van der Waals surface area contributed by atoms with Crippen LogP contribution in [0.4, 0.5) is 5.82 Å². The zero-order valence-electron chi connectivity index (χ0n) is 29.4. The summed E-state index contributed by atoms with van der Waals surface area (Å²) in [5.41, 5.74) is 5.86. The van der Waals surface area contributed by atoms with Gasteiger partial charge in [0, 0.05) is 63.0 Å². The van der Waals surface area contributed by atoms with Crippen LogP contribution in [0, 0.1) is 0 Å². The van der Waals surface area contributed by atoms with Crippen molar-refractivity contribution in [3.8, 4) is 22.6 Å². The third-order valence-corrected chi connectivity index (χ3v) is 11.3. The Kier molecular flexibility index (Phi) is 8.77. The van der Waals surface area contributed by atoms with Crippen LogP contribution in [-0.4, -0.2) is 82.7 Å². The first-order valence-corrected chi connectivity index (χ1v) is 17.8. The Morgan fingerprint density at radius 2 is 1.69 bits per heavy atom. The molecule has 0 spiro atoms. The minimum Gasteiger partial charge on any atom is -0.496 e. The summed E-state index contributed by atoms with van der Waals surface area (Å²) >= 11 is 0. The van der Waals surface area contributed by atoms with E-state index in [9.17, 15) is 19.5 Å². The summed E-state index contributed by atoms with van der Waals surface area (Å²) in [4.78, 5) is 48.3. The van der Waals surface area contributed by atoms with Crippen molar-refractivity contribution in [2.45, 2.75) is 63.4 Å². The molecule has 2 aromatic carbocycles. The summed E-state index contributed by atoms with van der Waals surface area (Å²) in [5.74, 6) is 2.16. The van der Waals surface area contributed by atoms with Crippen molar-refractivity contribution >= 4 is 28.4 Å². The van der Waals surface area contributed by atoms with Crippen LogP contribution in [0.3, 0.4) is 0 Å². The number of hydrogen-bond donors (Lipinski definition) is 2. The molecule has 4 aromatic rings. The second-order valence-corrected chi connectivity index (χ2v) is 14.3. The maximum Gasteiger partial charge on any atom is 0.259 e. The largest absolute Gasteiger partial charge is 0.496 e. The number of benzene rings is 2.